The number of nitro benzene ring substituents is 1. The van der Waals surface area contributed by atoms with Crippen LogP contribution in [0, 0.1) is 15.5 Å². The normalized spacial score (nSPS) is 10.8. The maximum Gasteiger partial charge on any atom is 0.282 e. The van der Waals surface area contributed by atoms with Gasteiger partial charge in [-0.1, -0.05) is 0 Å². The average Bonchev–Trinajstić information content (AvgIpc) is 2.43. The Balaban J connectivity index is 2.93. The van der Waals surface area contributed by atoms with Gasteiger partial charge in [0.1, 0.15) is 11.3 Å². The molecule has 0 saturated heterocycles. The van der Waals surface area contributed by atoms with E-state index in [0.717, 1.165) is 18.2 Å². The average molecular weight is 295 g/mol. The molecule has 8 nitrogen and oxygen atoms in total. The number of phenols is 1. The molecule has 0 heterocycles. The summed E-state index contributed by atoms with van der Waals surface area (Å²) >= 11 is 0. The highest BCUT2D eigenvalue weighted by molar-refractivity contribution is 5.98. The Kier molecular flexibility index (Phi) is 4.85. The fourth-order valence-electron chi connectivity index (χ4n) is 1.68. The lowest BCUT2D eigenvalue weighted by molar-refractivity contribution is -0.385. The zero-order valence-corrected chi connectivity index (χ0v) is 12.0. The smallest absolute Gasteiger partial charge is 0.282 e. The molecule has 0 atom stereocenters. The van der Waals surface area contributed by atoms with E-state index in [1.807, 2.05) is 0 Å². The topological polar surface area (TPSA) is 122 Å². The Morgan fingerprint density at radius 2 is 2.00 bits per heavy atom. The van der Waals surface area contributed by atoms with E-state index in [9.17, 15) is 24.8 Å². The molecule has 1 rings (SSSR count). The van der Waals surface area contributed by atoms with Crippen LogP contribution in [0.25, 0.3) is 0 Å². The van der Waals surface area contributed by atoms with Gasteiger partial charge < -0.3 is 15.7 Å². The second kappa shape index (κ2) is 6.21. The van der Waals surface area contributed by atoms with Gasteiger partial charge in [0.2, 0.25) is 5.91 Å². The first kappa shape index (κ1) is 16.4. The van der Waals surface area contributed by atoms with Gasteiger partial charge in [-0.3, -0.25) is 19.7 Å². The van der Waals surface area contributed by atoms with E-state index in [-0.39, 0.29) is 23.8 Å². The molecular formula is C13H17N3O5. The summed E-state index contributed by atoms with van der Waals surface area (Å²) in [5, 5.41) is 25.2. The number of rotatable bonds is 5. The molecule has 0 aromatic heterocycles. The van der Waals surface area contributed by atoms with Gasteiger partial charge in [0, 0.05) is 19.7 Å². The van der Waals surface area contributed by atoms with E-state index in [1.54, 1.807) is 13.8 Å². The molecule has 1 aromatic rings. The first-order chi connectivity index (χ1) is 9.69. The number of aromatic hydroxyl groups is 1. The Morgan fingerprint density at radius 1 is 1.38 bits per heavy atom. The van der Waals surface area contributed by atoms with Crippen molar-refractivity contribution in [2.24, 2.45) is 5.41 Å². The summed E-state index contributed by atoms with van der Waals surface area (Å²) in [5.41, 5.74) is -1.54. The molecule has 21 heavy (non-hydrogen) atoms. The third-order valence-electron chi connectivity index (χ3n) is 2.95. The molecule has 114 valence electrons. The number of nitrogens with zero attached hydrogens (tertiary/aromatic N) is 1. The second-order valence-electron chi connectivity index (χ2n) is 5.10. The fourth-order valence-corrected chi connectivity index (χ4v) is 1.68. The van der Waals surface area contributed by atoms with Crippen LogP contribution < -0.4 is 10.6 Å². The summed E-state index contributed by atoms with van der Waals surface area (Å²) in [6.07, 6.45) is 0. The fraction of sp³-hybridized carbons (Fsp3) is 0.385. The molecule has 1 aromatic carbocycles. The molecule has 8 heteroatoms. The molecule has 0 aliphatic carbocycles. The highest BCUT2D eigenvalue weighted by Crippen LogP contribution is 2.23. The molecular weight excluding hydrogens is 278 g/mol. The van der Waals surface area contributed by atoms with Crippen LogP contribution in [0.3, 0.4) is 0 Å². The highest BCUT2D eigenvalue weighted by Gasteiger charge is 2.28. The molecule has 2 amide bonds. The lowest BCUT2D eigenvalue weighted by Gasteiger charge is -2.22. The van der Waals surface area contributed by atoms with Crippen molar-refractivity contribution in [3.8, 4) is 5.75 Å². The number of amides is 2. The van der Waals surface area contributed by atoms with Crippen LogP contribution in [0.4, 0.5) is 5.69 Å². The number of phenolic OH excluding ortho intramolecular Hbond substituents is 1. The van der Waals surface area contributed by atoms with E-state index < -0.39 is 21.9 Å². The maximum absolute atomic E-state index is 12.0. The van der Waals surface area contributed by atoms with Crippen molar-refractivity contribution in [2.45, 2.75) is 13.8 Å². The van der Waals surface area contributed by atoms with Crippen molar-refractivity contribution in [3.63, 3.8) is 0 Å². The number of hydrogen-bond acceptors (Lipinski definition) is 5. The summed E-state index contributed by atoms with van der Waals surface area (Å²) in [7, 11) is 1.48. The van der Waals surface area contributed by atoms with Gasteiger partial charge in [-0.2, -0.15) is 0 Å². The van der Waals surface area contributed by atoms with Crippen LogP contribution >= 0.6 is 0 Å². The van der Waals surface area contributed by atoms with Crippen LogP contribution in [0.1, 0.15) is 24.2 Å². The van der Waals surface area contributed by atoms with Crippen molar-refractivity contribution < 1.29 is 19.6 Å². The molecule has 3 N–H and O–H groups in total. The molecule has 0 aliphatic rings. The minimum atomic E-state index is -0.865. The van der Waals surface area contributed by atoms with E-state index in [0.29, 0.717) is 0 Å². The third-order valence-corrected chi connectivity index (χ3v) is 2.95. The molecule has 0 fully saturated rings. The van der Waals surface area contributed by atoms with Gasteiger partial charge in [0.25, 0.3) is 11.6 Å². The Bertz CT molecular complexity index is 583. The first-order valence-electron chi connectivity index (χ1n) is 6.17. The molecule has 0 spiro atoms. The van der Waals surface area contributed by atoms with Gasteiger partial charge in [0.05, 0.1) is 10.3 Å². The number of carbonyl (C=O) groups is 2. The van der Waals surface area contributed by atoms with Crippen molar-refractivity contribution in [1.29, 1.82) is 0 Å². The van der Waals surface area contributed by atoms with Crippen LogP contribution in [-0.4, -0.2) is 35.4 Å². The zero-order chi connectivity index (χ0) is 16.2. The zero-order valence-electron chi connectivity index (χ0n) is 12.0. The van der Waals surface area contributed by atoms with Crippen molar-refractivity contribution in [3.05, 3.63) is 33.9 Å². The summed E-state index contributed by atoms with van der Waals surface area (Å²) in [6.45, 7) is 3.25. The van der Waals surface area contributed by atoms with Crippen molar-refractivity contribution in [2.75, 3.05) is 13.6 Å². The Hall–Kier alpha value is -2.64. The quantitative estimate of drug-likeness (QED) is 0.548. The van der Waals surface area contributed by atoms with Gasteiger partial charge in [-0.15, -0.1) is 0 Å². The van der Waals surface area contributed by atoms with Gasteiger partial charge in [0.15, 0.2) is 0 Å². The molecule has 0 saturated carbocycles. The second-order valence-corrected chi connectivity index (χ2v) is 5.10. The lowest BCUT2D eigenvalue weighted by atomic mass is 9.92. The van der Waals surface area contributed by atoms with Crippen LogP contribution in [-0.2, 0) is 4.79 Å². The number of nitrogens with one attached hydrogen (secondary N) is 2. The lowest BCUT2D eigenvalue weighted by Crippen LogP contribution is -2.43. The number of carbonyl (C=O) groups excluding carboxylic acids is 2. The van der Waals surface area contributed by atoms with E-state index in [1.165, 1.54) is 7.05 Å². The van der Waals surface area contributed by atoms with E-state index in [4.69, 9.17) is 0 Å². The maximum atomic E-state index is 12.0. The predicted molar refractivity (Wildman–Crippen MR) is 74.9 cm³/mol. The van der Waals surface area contributed by atoms with Crippen LogP contribution in [0.2, 0.25) is 0 Å². The predicted octanol–water partition coefficient (Wildman–Crippen LogP) is 0.802. The third kappa shape index (κ3) is 3.91. The molecule has 0 aliphatic heterocycles. The Labute approximate surface area is 121 Å². The van der Waals surface area contributed by atoms with E-state index in [2.05, 4.69) is 10.6 Å². The molecule has 0 unspecified atom stereocenters. The number of hydrogen-bond donors (Lipinski definition) is 3. The number of nitro groups is 1. The molecule has 0 bridgehead atoms. The highest BCUT2D eigenvalue weighted by atomic mass is 16.6. The Morgan fingerprint density at radius 3 is 2.52 bits per heavy atom. The SMILES string of the molecule is CNC(=O)C(C)(C)CNC(=O)c1cc(O)ccc1[N+](=O)[O-]. The monoisotopic (exact) mass is 295 g/mol. The van der Waals surface area contributed by atoms with E-state index >= 15 is 0 Å². The number of benzene rings is 1. The van der Waals surface area contributed by atoms with Gasteiger partial charge in [-0.25, -0.2) is 0 Å². The summed E-state index contributed by atoms with van der Waals surface area (Å²) in [6, 6.07) is 3.19. The van der Waals surface area contributed by atoms with Crippen LogP contribution in [0.15, 0.2) is 18.2 Å². The summed E-state index contributed by atoms with van der Waals surface area (Å²) < 4.78 is 0. The first-order valence-corrected chi connectivity index (χ1v) is 6.17. The molecule has 0 radical (unpaired) electrons. The van der Waals surface area contributed by atoms with Crippen molar-refractivity contribution in [1.82, 2.24) is 10.6 Å². The minimum absolute atomic E-state index is 0.00167. The standard InChI is InChI=1S/C13H17N3O5/c1-13(2,12(19)14-3)7-15-11(18)9-6-8(17)4-5-10(9)16(20)21/h4-6,17H,7H2,1-3H3,(H,14,19)(H,15,18). The van der Waals surface area contributed by atoms with Crippen molar-refractivity contribution >= 4 is 17.5 Å². The largest absolute Gasteiger partial charge is 0.508 e. The van der Waals surface area contributed by atoms with Gasteiger partial charge in [-0.05, 0) is 26.0 Å². The van der Waals surface area contributed by atoms with Crippen LogP contribution in [0.5, 0.6) is 5.75 Å². The summed E-state index contributed by atoms with van der Waals surface area (Å²) in [4.78, 5) is 33.8. The van der Waals surface area contributed by atoms with Gasteiger partial charge >= 0.3 is 0 Å². The minimum Gasteiger partial charge on any atom is -0.508 e. The summed E-state index contributed by atoms with van der Waals surface area (Å²) in [5.74, 6) is -1.25.